The van der Waals surface area contributed by atoms with E-state index >= 15 is 0 Å². The number of aryl methyl sites for hydroxylation is 1. The summed E-state index contributed by atoms with van der Waals surface area (Å²) in [4.78, 5) is 39.7. The van der Waals surface area contributed by atoms with E-state index in [-0.39, 0.29) is 18.5 Å². The number of ether oxygens (including phenoxy) is 2. The Kier molecular flexibility index (Phi) is 6.58. The van der Waals surface area contributed by atoms with Crippen molar-refractivity contribution in [2.24, 2.45) is 0 Å². The number of fused-ring (bicyclic) bond motifs is 1. The van der Waals surface area contributed by atoms with Crippen LogP contribution in [0.1, 0.15) is 31.2 Å². The van der Waals surface area contributed by atoms with Gasteiger partial charge in [0.1, 0.15) is 19.8 Å². The first-order chi connectivity index (χ1) is 15.5. The molecule has 32 heavy (non-hydrogen) atoms. The minimum absolute atomic E-state index is 0.129. The van der Waals surface area contributed by atoms with E-state index in [9.17, 15) is 14.4 Å². The van der Waals surface area contributed by atoms with Gasteiger partial charge >= 0.3 is 11.8 Å². The van der Waals surface area contributed by atoms with Crippen LogP contribution in [-0.4, -0.2) is 43.5 Å². The standard InChI is InChI=1S/C24H27N3O5/c1-16-6-9-19(10-7-16)27(15-22(28)25-17-4-2-3-5-17)24(30)23(29)26-18-8-11-20-21(14-18)32-13-12-31-20/h6-11,14,17H,2-5,12-13,15H2,1H3,(H,25,28)(H,26,29). The average molecular weight is 437 g/mol. The first-order valence-electron chi connectivity index (χ1n) is 10.9. The predicted octanol–water partition coefficient (Wildman–Crippen LogP) is 2.80. The summed E-state index contributed by atoms with van der Waals surface area (Å²) < 4.78 is 11.0. The highest BCUT2D eigenvalue weighted by atomic mass is 16.6. The summed E-state index contributed by atoms with van der Waals surface area (Å²) >= 11 is 0. The topological polar surface area (TPSA) is 97.0 Å². The average Bonchev–Trinajstić information content (AvgIpc) is 3.30. The molecule has 0 bridgehead atoms. The maximum absolute atomic E-state index is 13.1. The molecule has 4 rings (SSSR count). The normalized spacial score (nSPS) is 15.2. The van der Waals surface area contributed by atoms with Gasteiger partial charge in [-0.3, -0.25) is 19.3 Å². The van der Waals surface area contributed by atoms with Gasteiger partial charge in [0.25, 0.3) is 0 Å². The lowest BCUT2D eigenvalue weighted by Crippen LogP contribution is -2.47. The zero-order valence-corrected chi connectivity index (χ0v) is 18.1. The second-order valence-corrected chi connectivity index (χ2v) is 8.09. The lowest BCUT2D eigenvalue weighted by Gasteiger charge is -2.23. The molecule has 1 aliphatic carbocycles. The number of hydrogen-bond acceptors (Lipinski definition) is 5. The summed E-state index contributed by atoms with van der Waals surface area (Å²) in [6, 6.07) is 12.2. The molecule has 8 heteroatoms. The lowest BCUT2D eigenvalue weighted by molar-refractivity contribution is -0.135. The number of rotatable bonds is 5. The monoisotopic (exact) mass is 437 g/mol. The molecule has 1 fully saturated rings. The number of hydrogen-bond donors (Lipinski definition) is 2. The number of anilines is 2. The maximum Gasteiger partial charge on any atom is 0.317 e. The molecule has 3 amide bonds. The van der Waals surface area contributed by atoms with Gasteiger partial charge in [-0.1, -0.05) is 30.5 Å². The highest BCUT2D eigenvalue weighted by molar-refractivity contribution is 6.44. The van der Waals surface area contributed by atoms with Crippen LogP contribution in [0.5, 0.6) is 11.5 Å². The first kappa shape index (κ1) is 21.7. The van der Waals surface area contributed by atoms with Crippen molar-refractivity contribution in [1.82, 2.24) is 5.32 Å². The van der Waals surface area contributed by atoms with Crippen LogP contribution < -0.4 is 25.0 Å². The van der Waals surface area contributed by atoms with Crippen molar-refractivity contribution in [3.63, 3.8) is 0 Å². The molecule has 2 aromatic carbocycles. The number of carbonyl (C=O) groups excluding carboxylic acids is 3. The number of amides is 3. The van der Waals surface area contributed by atoms with Crippen molar-refractivity contribution >= 4 is 29.1 Å². The van der Waals surface area contributed by atoms with Crippen molar-refractivity contribution in [2.75, 3.05) is 30.0 Å². The molecule has 0 aromatic heterocycles. The molecule has 8 nitrogen and oxygen atoms in total. The van der Waals surface area contributed by atoms with Crippen LogP contribution in [0, 0.1) is 6.92 Å². The highest BCUT2D eigenvalue weighted by Crippen LogP contribution is 2.32. The van der Waals surface area contributed by atoms with E-state index in [1.807, 2.05) is 19.1 Å². The predicted molar refractivity (Wildman–Crippen MR) is 120 cm³/mol. The zero-order chi connectivity index (χ0) is 22.5. The fraction of sp³-hybridized carbons (Fsp3) is 0.375. The van der Waals surface area contributed by atoms with Crippen molar-refractivity contribution in [3.05, 3.63) is 48.0 Å². The van der Waals surface area contributed by atoms with Crippen LogP contribution >= 0.6 is 0 Å². The largest absolute Gasteiger partial charge is 0.486 e. The van der Waals surface area contributed by atoms with E-state index in [2.05, 4.69) is 10.6 Å². The van der Waals surface area contributed by atoms with Gasteiger partial charge < -0.3 is 20.1 Å². The summed E-state index contributed by atoms with van der Waals surface area (Å²) in [6.45, 7) is 2.58. The molecule has 0 spiro atoms. The smallest absolute Gasteiger partial charge is 0.317 e. The van der Waals surface area contributed by atoms with Gasteiger partial charge in [0.2, 0.25) is 5.91 Å². The Labute approximate surface area is 186 Å². The molecule has 1 heterocycles. The van der Waals surface area contributed by atoms with Crippen LogP contribution in [0.15, 0.2) is 42.5 Å². The van der Waals surface area contributed by atoms with E-state index < -0.39 is 11.8 Å². The van der Waals surface area contributed by atoms with Crippen molar-refractivity contribution in [2.45, 2.75) is 38.6 Å². The Morgan fingerprint density at radius 2 is 1.66 bits per heavy atom. The van der Waals surface area contributed by atoms with Gasteiger partial charge in [-0.05, 0) is 44.0 Å². The van der Waals surface area contributed by atoms with Crippen LogP contribution in [0.3, 0.4) is 0 Å². The third-order valence-corrected chi connectivity index (χ3v) is 5.61. The summed E-state index contributed by atoms with van der Waals surface area (Å²) in [6.07, 6.45) is 4.05. The Bertz CT molecular complexity index is 999. The molecular formula is C24H27N3O5. The number of nitrogens with zero attached hydrogens (tertiary/aromatic N) is 1. The Balaban J connectivity index is 1.48. The molecule has 0 unspecified atom stereocenters. The van der Waals surface area contributed by atoms with E-state index in [0.29, 0.717) is 36.1 Å². The number of carbonyl (C=O) groups is 3. The van der Waals surface area contributed by atoms with Crippen molar-refractivity contribution in [3.8, 4) is 11.5 Å². The second kappa shape index (κ2) is 9.72. The number of benzene rings is 2. The van der Waals surface area contributed by atoms with Crippen LogP contribution in [0.2, 0.25) is 0 Å². The van der Waals surface area contributed by atoms with Crippen molar-refractivity contribution in [1.29, 1.82) is 0 Å². The summed E-state index contributed by atoms with van der Waals surface area (Å²) in [5, 5.41) is 5.58. The molecule has 2 N–H and O–H groups in total. The quantitative estimate of drug-likeness (QED) is 0.701. The molecule has 1 aliphatic heterocycles. The Hall–Kier alpha value is -3.55. The zero-order valence-electron chi connectivity index (χ0n) is 18.1. The molecule has 0 saturated heterocycles. The molecule has 0 atom stereocenters. The van der Waals surface area contributed by atoms with E-state index in [4.69, 9.17) is 9.47 Å². The second-order valence-electron chi connectivity index (χ2n) is 8.09. The molecular weight excluding hydrogens is 410 g/mol. The van der Waals surface area contributed by atoms with Gasteiger partial charge in [-0.25, -0.2) is 0 Å². The van der Waals surface area contributed by atoms with Crippen LogP contribution in [0.25, 0.3) is 0 Å². The van der Waals surface area contributed by atoms with Gasteiger partial charge in [0, 0.05) is 23.5 Å². The molecule has 2 aliphatic rings. The molecule has 1 saturated carbocycles. The minimum Gasteiger partial charge on any atom is -0.486 e. The lowest BCUT2D eigenvalue weighted by atomic mass is 10.2. The van der Waals surface area contributed by atoms with E-state index in [1.54, 1.807) is 30.3 Å². The van der Waals surface area contributed by atoms with E-state index in [0.717, 1.165) is 31.2 Å². The third-order valence-electron chi connectivity index (χ3n) is 5.61. The fourth-order valence-corrected chi connectivity index (χ4v) is 3.92. The SMILES string of the molecule is Cc1ccc(N(CC(=O)NC2CCCC2)C(=O)C(=O)Nc2ccc3c(c2)OCCO3)cc1. The third kappa shape index (κ3) is 5.19. The number of nitrogens with one attached hydrogen (secondary N) is 2. The molecule has 168 valence electrons. The highest BCUT2D eigenvalue weighted by Gasteiger charge is 2.27. The molecule has 0 radical (unpaired) electrons. The first-order valence-corrected chi connectivity index (χ1v) is 10.9. The van der Waals surface area contributed by atoms with Gasteiger partial charge in [-0.2, -0.15) is 0 Å². The van der Waals surface area contributed by atoms with Crippen molar-refractivity contribution < 1.29 is 23.9 Å². The summed E-state index contributed by atoms with van der Waals surface area (Å²) in [7, 11) is 0. The van der Waals surface area contributed by atoms with E-state index in [1.165, 1.54) is 4.90 Å². The Morgan fingerprint density at radius 3 is 2.38 bits per heavy atom. The van der Waals surface area contributed by atoms with Gasteiger partial charge in [0.05, 0.1) is 0 Å². The minimum atomic E-state index is -0.837. The molecule has 2 aromatic rings. The maximum atomic E-state index is 13.1. The van der Waals surface area contributed by atoms with Crippen LogP contribution in [-0.2, 0) is 14.4 Å². The summed E-state index contributed by atoms with van der Waals surface area (Å²) in [5.74, 6) is -0.836. The van der Waals surface area contributed by atoms with Gasteiger partial charge in [0.15, 0.2) is 11.5 Å². The summed E-state index contributed by atoms with van der Waals surface area (Å²) in [5.41, 5.74) is 1.91. The van der Waals surface area contributed by atoms with Gasteiger partial charge in [-0.15, -0.1) is 0 Å². The van der Waals surface area contributed by atoms with Crippen LogP contribution in [0.4, 0.5) is 11.4 Å². The fourth-order valence-electron chi connectivity index (χ4n) is 3.92. The Morgan fingerprint density at radius 1 is 0.969 bits per heavy atom.